The van der Waals surface area contributed by atoms with Gasteiger partial charge in [-0.15, -0.1) is 0 Å². The van der Waals surface area contributed by atoms with Gasteiger partial charge in [-0.25, -0.2) is 4.98 Å². The molecule has 17 heavy (non-hydrogen) atoms. The maximum atomic E-state index is 6.10. The maximum absolute atomic E-state index is 6.10. The highest BCUT2D eigenvalue weighted by atomic mass is 35.5. The van der Waals surface area contributed by atoms with Crippen LogP contribution in [0.5, 0.6) is 5.88 Å². The third-order valence-corrected chi connectivity index (χ3v) is 3.36. The van der Waals surface area contributed by atoms with E-state index in [0.29, 0.717) is 23.6 Å². The van der Waals surface area contributed by atoms with E-state index >= 15 is 0 Å². The van der Waals surface area contributed by atoms with Crippen LogP contribution in [0.3, 0.4) is 0 Å². The van der Waals surface area contributed by atoms with Crippen molar-refractivity contribution in [3.8, 4) is 5.88 Å². The molecule has 1 fully saturated rings. The van der Waals surface area contributed by atoms with Crippen molar-refractivity contribution in [2.75, 3.05) is 6.61 Å². The second kappa shape index (κ2) is 5.67. The van der Waals surface area contributed by atoms with Crippen molar-refractivity contribution in [1.29, 1.82) is 0 Å². The molecule has 0 bridgehead atoms. The minimum Gasteiger partial charge on any atom is -0.477 e. The Balaban J connectivity index is 2.03. The molecule has 1 aliphatic carbocycles. The lowest BCUT2D eigenvalue weighted by Gasteiger charge is -2.10. The Morgan fingerprint density at radius 1 is 1.29 bits per heavy atom. The van der Waals surface area contributed by atoms with Crippen LogP contribution in [0.4, 0.5) is 0 Å². The zero-order chi connectivity index (χ0) is 12.3. The minimum atomic E-state index is 0.506. The summed E-state index contributed by atoms with van der Waals surface area (Å²) in [7, 11) is 0. The molecule has 0 spiro atoms. The van der Waals surface area contributed by atoms with Crippen LogP contribution in [-0.2, 0) is 0 Å². The molecule has 0 N–H and O–H groups in total. The predicted octanol–water partition coefficient (Wildman–Crippen LogP) is 3.88. The molecule has 3 nitrogen and oxygen atoms in total. The van der Waals surface area contributed by atoms with E-state index in [4.69, 9.17) is 16.3 Å². The topological polar surface area (TPSA) is 35.0 Å². The molecule has 0 aromatic carbocycles. The van der Waals surface area contributed by atoms with Gasteiger partial charge in [0.15, 0.2) is 0 Å². The Hall–Kier alpha value is -0.830. The van der Waals surface area contributed by atoms with Gasteiger partial charge in [-0.1, -0.05) is 31.4 Å². The van der Waals surface area contributed by atoms with Crippen molar-refractivity contribution in [2.45, 2.75) is 51.9 Å². The third-order valence-electron chi connectivity index (χ3n) is 2.99. The number of aromatic nitrogens is 2. The summed E-state index contributed by atoms with van der Waals surface area (Å²) in [5.74, 6) is 2.03. The van der Waals surface area contributed by atoms with Gasteiger partial charge in [0.1, 0.15) is 11.0 Å². The first-order valence-electron chi connectivity index (χ1n) is 6.39. The monoisotopic (exact) mass is 254 g/mol. The van der Waals surface area contributed by atoms with E-state index < -0.39 is 0 Å². The first kappa shape index (κ1) is 12.6. The lowest BCUT2D eigenvalue weighted by atomic mass is 10.3. The Labute approximate surface area is 108 Å². The molecule has 0 atom stereocenters. The number of rotatable bonds is 6. The molecule has 0 radical (unpaired) electrons. The van der Waals surface area contributed by atoms with Gasteiger partial charge in [0.2, 0.25) is 5.88 Å². The summed E-state index contributed by atoms with van der Waals surface area (Å²) in [6.45, 7) is 4.80. The summed E-state index contributed by atoms with van der Waals surface area (Å²) in [6, 6.07) is 0. The summed E-state index contributed by atoms with van der Waals surface area (Å²) in [5, 5.41) is 0.535. The molecule has 94 valence electrons. The van der Waals surface area contributed by atoms with E-state index in [2.05, 4.69) is 16.9 Å². The van der Waals surface area contributed by atoms with Crippen LogP contribution in [0.2, 0.25) is 5.15 Å². The molecule has 1 aromatic rings. The van der Waals surface area contributed by atoms with Gasteiger partial charge in [0.05, 0.1) is 6.61 Å². The molecular formula is C13H19ClN2O. The van der Waals surface area contributed by atoms with Crippen LogP contribution in [0.1, 0.15) is 56.3 Å². The van der Waals surface area contributed by atoms with Crippen LogP contribution >= 0.6 is 11.6 Å². The van der Waals surface area contributed by atoms with Gasteiger partial charge < -0.3 is 4.74 Å². The summed E-state index contributed by atoms with van der Waals surface area (Å²) >= 11 is 6.10. The van der Waals surface area contributed by atoms with Crippen molar-refractivity contribution in [2.24, 2.45) is 0 Å². The highest BCUT2D eigenvalue weighted by molar-refractivity contribution is 6.30. The summed E-state index contributed by atoms with van der Waals surface area (Å²) in [5.41, 5.74) is 0.854. The van der Waals surface area contributed by atoms with Gasteiger partial charge in [0.25, 0.3) is 0 Å². The highest BCUT2D eigenvalue weighted by Crippen LogP contribution is 2.39. The molecule has 0 saturated heterocycles. The zero-order valence-corrected chi connectivity index (χ0v) is 11.3. The van der Waals surface area contributed by atoms with Crippen molar-refractivity contribution < 1.29 is 4.74 Å². The zero-order valence-electron chi connectivity index (χ0n) is 10.5. The molecule has 0 aliphatic heterocycles. The molecule has 2 rings (SSSR count). The van der Waals surface area contributed by atoms with Crippen molar-refractivity contribution >= 4 is 11.6 Å². The van der Waals surface area contributed by atoms with E-state index in [1.54, 1.807) is 0 Å². The van der Waals surface area contributed by atoms with Crippen LogP contribution in [0.25, 0.3) is 0 Å². The minimum absolute atomic E-state index is 0.506. The Morgan fingerprint density at radius 3 is 2.71 bits per heavy atom. The first-order valence-corrected chi connectivity index (χ1v) is 6.77. The van der Waals surface area contributed by atoms with E-state index in [0.717, 1.165) is 17.8 Å². The number of halogens is 1. The summed E-state index contributed by atoms with van der Waals surface area (Å²) in [4.78, 5) is 8.79. The van der Waals surface area contributed by atoms with Gasteiger partial charge in [0, 0.05) is 11.5 Å². The molecule has 1 heterocycles. The van der Waals surface area contributed by atoms with Crippen LogP contribution in [-0.4, -0.2) is 16.6 Å². The Kier molecular flexibility index (Phi) is 4.21. The summed E-state index contributed by atoms with van der Waals surface area (Å²) in [6.07, 6.45) is 5.80. The molecule has 1 aromatic heterocycles. The third kappa shape index (κ3) is 3.32. The normalized spacial score (nSPS) is 15.0. The van der Waals surface area contributed by atoms with E-state index in [1.807, 2.05) is 6.92 Å². The first-order chi connectivity index (χ1) is 8.22. The number of hydrogen-bond acceptors (Lipinski definition) is 3. The van der Waals surface area contributed by atoms with Crippen molar-refractivity contribution in [3.05, 3.63) is 16.5 Å². The average molecular weight is 255 g/mol. The molecular weight excluding hydrogens is 236 g/mol. The van der Waals surface area contributed by atoms with Crippen molar-refractivity contribution in [3.63, 3.8) is 0 Å². The van der Waals surface area contributed by atoms with Crippen molar-refractivity contribution in [1.82, 2.24) is 9.97 Å². The average Bonchev–Trinajstić information content (AvgIpc) is 3.13. The van der Waals surface area contributed by atoms with Crippen LogP contribution in [0, 0.1) is 6.92 Å². The number of ether oxygens (including phenoxy) is 1. The lowest BCUT2D eigenvalue weighted by molar-refractivity contribution is 0.291. The fourth-order valence-electron chi connectivity index (χ4n) is 1.67. The summed E-state index contributed by atoms with van der Waals surface area (Å²) < 4.78 is 5.70. The number of nitrogens with zero attached hydrogens (tertiary/aromatic N) is 2. The van der Waals surface area contributed by atoms with Gasteiger partial charge in [-0.3, -0.25) is 0 Å². The fourth-order valence-corrected chi connectivity index (χ4v) is 1.84. The van der Waals surface area contributed by atoms with Crippen LogP contribution in [0.15, 0.2) is 0 Å². The molecule has 1 aliphatic rings. The van der Waals surface area contributed by atoms with Crippen LogP contribution < -0.4 is 4.74 Å². The molecule has 4 heteroatoms. The van der Waals surface area contributed by atoms with E-state index in [9.17, 15) is 0 Å². The predicted molar refractivity (Wildman–Crippen MR) is 68.8 cm³/mol. The SMILES string of the molecule is CCCCCOc1nc(C2CC2)nc(Cl)c1C. The molecule has 1 saturated carbocycles. The second-order valence-electron chi connectivity index (χ2n) is 4.63. The largest absolute Gasteiger partial charge is 0.477 e. The van der Waals surface area contributed by atoms with Gasteiger partial charge in [-0.2, -0.15) is 4.98 Å². The highest BCUT2D eigenvalue weighted by Gasteiger charge is 2.28. The van der Waals surface area contributed by atoms with Gasteiger partial charge >= 0.3 is 0 Å². The Morgan fingerprint density at radius 2 is 2.06 bits per heavy atom. The maximum Gasteiger partial charge on any atom is 0.221 e. The van der Waals surface area contributed by atoms with E-state index in [1.165, 1.54) is 25.7 Å². The fraction of sp³-hybridized carbons (Fsp3) is 0.692. The molecule has 0 unspecified atom stereocenters. The standard InChI is InChI=1S/C13H19ClN2O/c1-3-4-5-8-17-13-9(2)11(14)15-12(16-13)10-6-7-10/h10H,3-8H2,1-2H3. The number of unbranched alkanes of at least 4 members (excludes halogenated alkanes) is 2. The number of hydrogen-bond donors (Lipinski definition) is 0. The smallest absolute Gasteiger partial charge is 0.221 e. The quantitative estimate of drug-likeness (QED) is 0.571. The van der Waals surface area contributed by atoms with E-state index in [-0.39, 0.29) is 0 Å². The molecule has 0 amide bonds. The Bertz CT molecular complexity index is 391. The lowest BCUT2D eigenvalue weighted by Crippen LogP contribution is -2.04. The second-order valence-corrected chi connectivity index (χ2v) is 4.99. The van der Waals surface area contributed by atoms with Gasteiger partial charge in [-0.05, 0) is 26.2 Å².